The molecule has 2 fully saturated rings. The third-order valence-corrected chi connectivity index (χ3v) is 13.0. The van der Waals surface area contributed by atoms with Crippen LogP contribution >= 0.6 is 0 Å². The predicted octanol–water partition coefficient (Wildman–Crippen LogP) is 11.7. The number of hydrogen-bond donors (Lipinski definition) is 2. The maximum absolute atomic E-state index is 11.0. The molecule has 2 aliphatic heterocycles. The van der Waals surface area contributed by atoms with E-state index in [0.717, 1.165) is 49.3 Å². The second-order valence-corrected chi connectivity index (χ2v) is 19.1. The fourth-order valence-electron chi connectivity index (χ4n) is 9.35. The van der Waals surface area contributed by atoms with Gasteiger partial charge in [-0.15, -0.1) is 0 Å². The highest BCUT2D eigenvalue weighted by molar-refractivity contribution is 5.70. The van der Waals surface area contributed by atoms with Crippen LogP contribution in [0.5, 0.6) is 11.5 Å². The third kappa shape index (κ3) is 10.2. The van der Waals surface area contributed by atoms with Crippen molar-refractivity contribution in [2.75, 3.05) is 6.54 Å². The van der Waals surface area contributed by atoms with Crippen LogP contribution in [0.25, 0.3) is 22.3 Å². The summed E-state index contributed by atoms with van der Waals surface area (Å²) in [5.41, 5.74) is 11.0. The third-order valence-electron chi connectivity index (χ3n) is 13.0. The number of ether oxygens (including phenoxy) is 2. The zero-order chi connectivity index (χ0) is 39.5. The second-order valence-electron chi connectivity index (χ2n) is 19.1. The molecular formula is C50H64N2O4. The lowest BCUT2D eigenvalue weighted by Gasteiger charge is -2.37. The number of carbonyl (C=O) groups is 1. The van der Waals surface area contributed by atoms with E-state index in [4.69, 9.17) is 14.6 Å². The number of carboxylic acid groups (broad SMARTS) is 1. The fraction of sp³-hybridized carbons (Fsp3) is 0.500. The van der Waals surface area contributed by atoms with Gasteiger partial charge in [-0.1, -0.05) is 90.1 Å². The average Bonchev–Trinajstić information content (AvgIpc) is 3.81. The summed E-state index contributed by atoms with van der Waals surface area (Å²) in [7, 11) is 0. The molecule has 4 aromatic carbocycles. The van der Waals surface area contributed by atoms with Gasteiger partial charge in [-0.3, -0.25) is 9.69 Å². The van der Waals surface area contributed by atoms with Crippen LogP contribution in [-0.2, 0) is 31.0 Å². The Hall–Kier alpha value is -4.13. The van der Waals surface area contributed by atoms with Crippen LogP contribution < -0.4 is 14.8 Å². The van der Waals surface area contributed by atoms with E-state index in [9.17, 15) is 4.79 Å². The lowest BCUT2D eigenvalue weighted by molar-refractivity contribution is -0.138. The standard InChI is InChI=1S/C26H33NO3.C24H31NO/c1-26(2,3)22-8-12-24(13-9-22)30-23-10-6-18(7-11-23)19-4-5-20-15-27(17-25(28)29)16-21(20)14-19;1-24(2,3)21-8-12-23(13-9-21)26-22-10-6-17(7-11-22)18-4-5-19-15-25-16-20(19)14-18/h4-7,10-11,14,22,24H,8-9,12-13,15-17H2,1-3H3,(H,28,29);4-7,10-11,14,21,23,25H,8-9,12-13,15-16H2,1-3H3. The minimum Gasteiger partial charge on any atom is -0.490 e. The van der Waals surface area contributed by atoms with E-state index in [1.165, 1.54) is 83.0 Å². The summed E-state index contributed by atoms with van der Waals surface area (Å²) in [6.07, 6.45) is 10.4. The molecule has 6 nitrogen and oxygen atoms in total. The van der Waals surface area contributed by atoms with E-state index in [1.54, 1.807) is 0 Å². The van der Waals surface area contributed by atoms with Gasteiger partial charge in [0.05, 0.1) is 18.8 Å². The van der Waals surface area contributed by atoms with Gasteiger partial charge in [-0.2, -0.15) is 0 Å². The zero-order valence-corrected chi connectivity index (χ0v) is 34.7. The van der Waals surface area contributed by atoms with Crippen LogP contribution in [0.2, 0.25) is 0 Å². The van der Waals surface area contributed by atoms with Gasteiger partial charge in [0, 0.05) is 26.2 Å². The Morgan fingerprint density at radius 1 is 0.571 bits per heavy atom. The van der Waals surface area contributed by atoms with Gasteiger partial charge in [-0.25, -0.2) is 0 Å². The summed E-state index contributed by atoms with van der Waals surface area (Å²) in [5, 5.41) is 12.4. The van der Waals surface area contributed by atoms with Crippen LogP contribution in [0.1, 0.15) is 115 Å². The first-order valence-corrected chi connectivity index (χ1v) is 21.2. The smallest absolute Gasteiger partial charge is 0.317 e. The van der Waals surface area contributed by atoms with Crippen molar-refractivity contribution in [1.29, 1.82) is 0 Å². The van der Waals surface area contributed by atoms with E-state index < -0.39 is 5.97 Å². The molecule has 0 atom stereocenters. The molecule has 0 saturated heterocycles. The Labute approximate surface area is 336 Å². The van der Waals surface area contributed by atoms with Crippen molar-refractivity contribution in [2.45, 2.75) is 131 Å². The molecule has 2 heterocycles. The van der Waals surface area contributed by atoms with E-state index in [2.05, 4.69) is 132 Å². The van der Waals surface area contributed by atoms with Crippen molar-refractivity contribution in [1.82, 2.24) is 10.2 Å². The van der Waals surface area contributed by atoms with Gasteiger partial charge in [0.15, 0.2) is 0 Å². The molecule has 2 aliphatic carbocycles. The molecule has 0 spiro atoms. The molecule has 2 saturated carbocycles. The number of aliphatic carboxylic acids is 1. The largest absolute Gasteiger partial charge is 0.490 e. The van der Waals surface area contributed by atoms with E-state index in [0.29, 0.717) is 36.1 Å². The van der Waals surface area contributed by atoms with Crippen LogP contribution in [0.4, 0.5) is 0 Å². The monoisotopic (exact) mass is 756 g/mol. The number of benzene rings is 4. The molecule has 298 valence electrons. The van der Waals surface area contributed by atoms with Gasteiger partial charge in [-0.05, 0) is 155 Å². The molecule has 0 unspecified atom stereocenters. The minimum atomic E-state index is -0.773. The van der Waals surface area contributed by atoms with Gasteiger partial charge in [0.1, 0.15) is 11.5 Å². The van der Waals surface area contributed by atoms with Crippen molar-refractivity contribution in [3.8, 4) is 33.8 Å². The van der Waals surface area contributed by atoms with Crippen molar-refractivity contribution in [3.63, 3.8) is 0 Å². The molecule has 4 aliphatic rings. The quantitative estimate of drug-likeness (QED) is 0.187. The Kier molecular flexibility index (Phi) is 12.3. The highest BCUT2D eigenvalue weighted by atomic mass is 16.5. The first-order valence-electron chi connectivity index (χ1n) is 21.2. The summed E-state index contributed by atoms with van der Waals surface area (Å²) in [5.74, 6) is 2.82. The Morgan fingerprint density at radius 2 is 0.982 bits per heavy atom. The van der Waals surface area contributed by atoms with E-state index in [-0.39, 0.29) is 6.54 Å². The molecule has 4 aromatic rings. The maximum Gasteiger partial charge on any atom is 0.317 e. The Bertz CT molecular complexity index is 1920. The SMILES string of the molecule is CC(C)(C)C1CCC(Oc2ccc(-c3ccc4c(c3)CN(CC(=O)O)C4)cc2)CC1.CC(C)(C)C1CCC(Oc2ccc(-c3ccc4c(c3)CNC4)cc2)CC1. The van der Waals surface area contributed by atoms with Crippen molar-refractivity contribution in [2.24, 2.45) is 22.7 Å². The molecule has 6 heteroatoms. The zero-order valence-electron chi connectivity index (χ0n) is 34.7. The summed E-state index contributed by atoms with van der Waals surface area (Å²) in [6, 6.07) is 30.3. The number of carboxylic acids is 1. The Morgan fingerprint density at radius 3 is 1.45 bits per heavy atom. The van der Waals surface area contributed by atoms with Gasteiger partial charge >= 0.3 is 5.97 Å². The first-order chi connectivity index (χ1) is 26.8. The van der Waals surface area contributed by atoms with Gasteiger partial charge in [0.25, 0.3) is 0 Å². The number of hydrogen-bond acceptors (Lipinski definition) is 5. The van der Waals surface area contributed by atoms with Crippen LogP contribution in [0.15, 0.2) is 84.9 Å². The molecule has 8 rings (SSSR count). The fourth-order valence-corrected chi connectivity index (χ4v) is 9.35. The van der Waals surface area contributed by atoms with Crippen molar-refractivity contribution < 1.29 is 19.4 Å². The summed E-state index contributed by atoms with van der Waals surface area (Å²) in [4.78, 5) is 12.9. The average molecular weight is 757 g/mol. The highest BCUT2D eigenvalue weighted by Gasteiger charge is 2.31. The van der Waals surface area contributed by atoms with Crippen molar-refractivity contribution in [3.05, 3.63) is 107 Å². The highest BCUT2D eigenvalue weighted by Crippen LogP contribution is 2.40. The number of fused-ring (bicyclic) bond motifs is 2. The minimum absolute atomic E-state index is 0.0910. The number of rotatable bonds is 8. The molecule has 0 aromatic heterocycles. The van der Waals surface area contributed by atoms with Crippen molar-refractivity contribution >= 4 is 5.97 Å². The summed E-state index contributed by atoms with van der Waals surface area (Å²) < 4.78 is 12.5. The van der Waals surface area contributed by atoms with E-state index in [1.807, 2.05) is 4.90 Å². The molecule has 56 heavy (non-hydrogen) atoms. The first kappa shape index (κ1) is 40.1. The summed E-state index contributed by atoms with van der Waals surface area (Å²) in [6.45, 7) is 17.6. The molecule has 0 amide bonds. The van der Waals surface area contributed by atoms with Crippen LogP contribution in [0.3, 0.4) is 0 Å². The number of nitrogens with one attached hydrogen (secondary N) is 1. The molecule has 0 radical (unpaired) electrons. The normalized spacial score (nSPS) is 22.4. The van der Waals surface area contributed by atoms with Gasteiger partial charge in [0.2, 0.25) is 0 Å². The van der Waals surface area contributed by atoms with E-state index >= 15 is 0 Å². The molecule has 2 N–H and O–H groups in total. The van der Waals surface area contributed by atoms with Crippen LogP contribution in [-0.4, -0.2) is 34.7 Å². The predicted molar refractivity (Wildman–Crippen MR) is 228 cm³/mol. The summed E-state index contributed by atoms with van der Waals surface area (Å²) >= 11 is 0. The van der Waals surface area contributed by atoms with Crippen LogP contribution in [0, 0.1) is 22.7 Å². The second kappa shape index (κ2) is 17.2. The lowest BCUT2D eigenvalue weighted by atomic mass is 9.72. The number of nitrogens with zero attached hydrogens (tertiary/aromatic N) is 1. The molecular weight excluding hydrogens is 693 g/mol. The molecule has 0 bridgehead atoms. The topological polar surface area (TPSA) is 71.0 Å². The van der Waals surface area contributed by atoms with Gasteiger partial charge < -0.3 is 19.9 Å². The maximum atomic E-state index is 11.0. The lowest BCUT2D eigenvalue weighted by Crippen LogP contribution is -2.30. The Balaban J connectivity index is 0.000000173.